The molecule has 0 aromatic carbocycles. The molecule has 0 atom stereocenters. The van der Waals surface area contributed by atoms with Crippen LogP contribution in [0.4, 0.5) is 19.0 Å². The van der Waals surface area contributed by atoms with Crippen molar-refractivity contribution in [1.29, 1.82) is 0 Å². The Hall–Kier alpha value is -1.79. The van der Waals surface area contributed by atoms with Crippen LogP contribution in [0.2, 0.25) is 0 Å². The third kappa shape index (κ3) is 3.99. The summed E-state index contributed by atoms with van der Waals surface area (Å²) in [6.45, 7) is 2.42. The maximum atomic E-state index is 12.6. The molecule has 3 rings (SSSR count). The number of hydrogen-bond donors (Lipinski definition) is 0. The van der Waals surface area contributed by atoms with Crippen molar-refractivity contribution >= 4 is 11.7 Å². The topological polar surface area (TPSA) is 36.4 Å². The minimum Gasteiger partial charge on any atom is -0.353 e. The summed E-state index contributed by atoms with van der Waals surface area (Å²) in [4.78, 5) is 20.0. The zero-order chi connectivity index (χ0) is 17.2. The Balaban J connectivity index is 1.52. The standard InChI is InChI=1S/C17H22F3N3O/c18-17(19,20)14-5-6-15(21-12-14)22-7-9-23(10-8-22)16(24)11-13-3-1-2-4-13/h5-6,12-13H,1-4,7-11H2. The number of pyridine rings is 1. The molecule has 132 valence electrons. The van der Waals surface area contributed by atoms with E-state index < -0.39 is 11.7 Å². The second kappa shape index (κ2) is 6.99. The van der Waals surface area contributed by atoms with Gasteiger partial charge in [-0.15, -0.1) is 0 Å². The van der Waals surface area contributed by atoms with E-state index in [-0.39, 0.29) is 5.91 Å². The summed E-state index contributed by atoms with van der Waals surface area (Å²) < 4.78 is 37.7. The summed E-state index contributed by atoms with van der Waals surface area (Å²) in [6, 6.07) is 2.46. The van der Waals surface area contributed by atoms with E-state index in [1.165, 1.54) is 18.9 Å². The highest BCUT2D eigenvalue weighted by molar-refractivity contribution is 5.76. The van der Waals surface area contributed by atoms with Crippen molar-refractivity contribution in [2.24, 2.45) is 5.92 Å². The minimum atomic E-state index is -4.36. The largest absolute Gasteiger partial charge is 0.417 e. The van der Waals surface area contributed by atoms with Crippen molar-refractivity contribution in [2.45, 2.75) is 38.3 Å². The number of halogens is 3. The van der Waals surface area contributed by atoms with Gasteiger partial charge < -0.3 is 9.80 Å². The maximum Gasteiger partial charge on any atom is 0.417 e. The molecule has 2 aliphatic rings. The van der Waals surface area contributed by atoms with Crippen molar-refractivity contribution in [3.8, 4) is 0 Å². The van der Waals surface area contributed by atoms with E-state index in [4.69, 9.17) is 0 Å². The Bertz CT molecular complexity index is 559. The molecule has 1 aromatic heterocycles. The zero-order valence-electron chi connectivity index (χ0n) is 13.6. The molecule has 7 heteroatoms. The molecule has 0 spiro atoms. The molecule has 0 bridgehead atoms. The first-order valence-corrected chi connectivity index (χ1v) is 8.49. The summed E-state index contributed by atoms with van der Waals surface area (Å²) >= 11 is 0. The first-order chi connectivity index (χ1) is 11.4. The molecule has 1 saturated carbocycles. The second-order valence-electron chi connectivity index (χ2n) is 6.63. The molecule has 0 unspecified atom stereocenters. The molecular weight excluding hydrogens is 319 g/mol. The van der Waals surface area contributed by atoms with Crippen LogP contribution in [0.3, 0.4) is 0 Å². The van der Waals surface area contributed by atoms with Gasteiger partial charge in [-0.2, -0.15) is 13.2 Å². The molecule has 2 fully saturated rings. The van der Waals surface area contributed by atoms with Gasteiger partial charge in [0.25, 0.3) is 0 Å². The molecule has 24 heavy (non-hydrogen) atoms. The molecule has 4 nitrogen and oxygen atoms in total. The third-order valence-corrected chi connectivity index (χ3v) is 4.97. The number of rotatable bonds is 3. The van der Waals surface area contributed by atoms with E-state index in [0.29, 0.717) is 44.3 Å². The third-order valence-electron chi connectivity index (χ3n) is 4.97. The van der Waals surface area contributed by atoms with Gasteiger partial charge in [-0.05, 0) is 30.9 Å². The number of amides is 1. The number of piperazine rings is 1. The van der Waals surface area contributed by atoms with Gasteiger partial charge >= 0.3 is 6.18 Å². The van der Waals surface area contributed by atoms with Gasteiger partial charge in [0.05, 0.1) is 5.56 Å². The van der Waals surface area contributed by atoms with Gasteiger partial charge in [0.15, 0.2) is 0 Å². The lowest BCUT2D eigenvalue weighted by atomic mass is 10.0. The van der Waals surface area contributed by atoms with Crippen LogP contribution in [0, 0.1) is 5.92 Å². The number of nitrogens with zero attached hydrogens (tertiary/aromatic N) is 3. The Morgan fingerprint density at radius 3 is 2.33 bits per heavy atom. The average molecular weight is 341 g/mol. The summed E-state index contributed by atoms with van der Waals surface area (Å²) in [5, 5.41) is 0. The lowest BCUT2D eigenvalue weighted by Gasteiger charge is -2.36. The minimum absolute atomic E-state index is 0.210. The normalized spacial score (nSPS) is 19.8. The molecule has 1 aromatic rings. The number of carbonyl (C=O) groups excluding carboxylic acids is 1. The highest BCUT2D eigenvalue weighted by Gasteiger charge is 2.31. The van der Waals surface area contributed by atoms with Gasteiger partial charge in [-0.3, -0.25) is 4.79 Å². The predicted octanol–water partition coefficient (Wildman–Crippen LogP) is 3.33. The van der Waals surface area contributed by atoms with Crippen LogP contribution < -0.4 is 4.90 Å². The monoisotopic (exact) mass is 341 g/mol. The fraction of sp³-hybridized carbons (Fsp3) is 0.647. The molecule has 1 aliphatic heterocycles. The van der Waals surface area contributed by atoms with E-state index in [1.807, 2.05) is 9.80 Å². The summed E-state index contributed by atoms with van der Waals surface area (Å²) in [6.07, 6.45) is 1.90. The molecular formula is C17H22F3N3O. The molecule has 2 heterocycles. The Morgan fingerprint density at radius 1 is 1.12 bits per heavy atom. The van der Waals surface area contributed by atoms with Crippen LogP contribution in [-0.4, -0.2) is 42.0 Å². The lowest BCUT2D eigenvalue weighted by Crippen LogP contribution is -2.49. The maximum absolute atomic E-state index is 12.6. The van der Waals surface area contributed by atoms with Crippen LogP contribution in [0.5, 0.6) is 0 Å². The molecule has 1 aliphatic carbocycles. The zero-order valence-corrected chi connectivity index (χ0v) is 13.6. The highest BCUT2D eigenvalue weighted by atomic mass is 19.4. The van der Waals surface area contributed by atoms with Gasteiger partial charge in [0.2, 0.25) is 5.91 Å². The van der Waals surface area contributed by atoms with E-state index in [1.54, 1.807) is 0 Å². The van der Waals surface area contributed by atoms with E-state index in [2.05, 4.69) is 4.98 Å². The van der Waals surface area contributed by atoms with E-state index >= 15 is 0 Å². The number of anilines is 1. The predicted molar refractivity (Wildman–Crippen MR) is 84.6 cm³/mol. The average Bonchev–Trinajstić information content (AvgIpc) is 3.07. The fourth-order valence-corrected chi connectivity index (χ4v) is 3.52. The SMILES string of the molecule is O=C(CC1CCCC1)N1CCN(c2ccc(C(F)(F)F)cn2)CC1. The van der Waals surface area contributed by atoms with Crippen LogP contribution in [0.25, 0.3) is 0 Å². The van der Waals surface area contributed by atoms with Crippen molar-refractivity contribution < 1.29 is 18.0 Å². The van der Waals surface area contributed by atoms with Crippen molar-refractivity contribution in [3.63, 3.8) is 0 Å². The van der Waals surface area contributed by atoms with Gasteiger partial charge in [0.1, 0.15) is 5.82 Å². The first-order valence-electron chi connectivity index (χ1n) is 8.49. The van der Waals surface area contributed by atoms with Crippen molar-refractivity contribution in [1.82, 2.24) is 9.88 Å². The lowest BCUT2D eigenvalue weighted by molar-refractivity contribution is -0.138. The number of carbonyl (C=O) groups is 1. The van der Waals surface area contributed by atoms with Crippen molar-refractivity contribution in [3.05, 3.63) is 23.9 Å². The highest BCUT2D eigenvalue weighted by Crippen LogP contribution is 2.30. The van der Waals surface area contributed by atoms with Gasteiger partial charge in [0, 0.05) is 38.8 Å². The number of hydrogen-bond acceptors (Lipinski definition) is 3. The van der Waals surface area contributed by atoms with E-state index in [9.17, 15) is 18.0 Å². The second-order valence-corrected chi connectivity index (χ2v) is 6.63. The Labute approximate surface area is 139 Å². The molecule has 1 saturated heterocycles. The quantitative estimate of drug-likeness (QED) is 0.846. The van der Waals surface area contributed by atoms with Crippen LogP contribution >= 0.6 is 0 Å². The number of alkyl halides is 3. The summed E-state index contributed by atoms with van der Waals surface area (Å²) in [5.74, 6) is 1.28. The van der Waals surface area contributed by atoms with Crippen LogP contribution in [0.15, 0.2) is 18.3 Å². The van der Waals surface area contributed by atoms with Crippen LogP contribution in [-0.2, 0) is 11.0 Å². The molecule has 1 amide bonds. The van der Waals surface area contributed by atoms with Gasteiger partial charge in [-0.1, -0.05) is 12.8 Å². The molecule has 0 N–H and O–H groups in total. The van der Waals surface area contributed by atoms with Crippen molar-refractivity contribution in [2.75, 3.05) is 31.1 Å². The summed E-state index contributed by atoms with van der Waals surface area (Å²) in [5.41, 5.74) is -0.739. The first kappa shape index (κ1) is 17.0. The smallest absolute Gasteiger partial charge is 0.353 e. The van der Waals surface area contributed by atoms with Crippen LogP contribution in [0.1, 0.15) is 37.7 Å². The summed E-state index contributed by atoms with van der Waals surface area (Å²) in [7, 11) is 0. The van der Waals surface area contributed by atoms with E-state index in [0.717, 1.165) is 25.1 Å². The Kier molecular flexibility index (Phi) is 4.96. The van der Waals surface area contributed by atoms with Gasteiger partial charge in [-0.25, -0.2) is 4.98 Å². The fourth-order valence-electron chi connectivity index (χ4n) is 3.52. The number of aromatic nitrogens is 1. The Morgan fingerprint density at radius 2 is 1.79 bits per heavy atom. The molecule has 0 radical (unpaired) electrons.